The third-order valence-corrected chi connectivity index (χ3v) is 5.96. The van der Waals surface area contributed by atoms with Crippen LogP contribution in [0.2, 0.25) is 0 Å². The van der Waals surface area contributed by atoms with Crippen LogP contribution in [0.1, 0.15) is 23.3 Å². The number of pyridine rings is 1. The molecular formula is C16H19F3N6S. The van der Waals surface area contributed by atoms with Gasteiger partial charge in [-0.1, -0.05) is 0 Å². The van der Waals surface area contributed by atoms with Crippen LogP contribution in [0.5, 0.6) is 0 Å². The Labute approximate surface area is 152 Å². The quantitative estimate of drug-likeness (QED) is 0.789. The summed E-state index contributed by atoms with van der Waals surface area (Å²) >= 11 is 1.16. The van der Waals surface area contributed by atoms with Gasteiger partial charge in [0.2, 0.25) is 0 Å². The standard InChI is InChI=1S/C16H19F3N6S/c1-24-7-22-14(21)13-12(24)11-9(16(17,18)19)6-10(23-15(11)26-13)25-4-2-8(20)3-5-25/h6,8H,2-5,7,20H2,1H3,(H2,21,22). The van der Waals surface area contributed by atoms with Crippen molar-refractivity contribution in [3.8, 4) is 0 Å². The Bertz CT molecular complexity index is 882. The number of anilines is 2. The van der Waals surface area contributed by atoms with Gasteiger partial charge in [0.15, 0.2) is 0 Å². The Morgan fingerprint density at radius 2 is 1.96 bits per heavy atom. The van der Waals surface area contributed by atoms with E-state index in [0.29, 0.717) is 34.3 Å². The highest BCUT2D eigenvalue weighted by Crippen LogP contribution is 2.46. The molecule has 0 unspecified atom stereocenters. The normalized spacial score (nSPS) is 19.0. The van der Waals surface area contributed by atoms with Crippen molar-refractivity contribution in [3.05, 3.63) is 16.5 Å². The third kappa shape index (κ3) is 2.77. The Balaban J connectivity index is 1.92. The lowest BCUT2D eigenvalue weighted by molar-refractivity contribution is -0.136. The fourth-order valence-corrected chi connectivity index (χ4v) is 4.61. The van der Waals surface area contributed by atoms with E-state index in [4.69, 9.17) is 11.5 Å². The first-order valence-corrected chi connectivity index (χ1v) is 9.14. The Morgan fingerprint density at radius 1 is 1.27 bits per heavy atom. The maximum atomic E-state index is 13.9. The van der Waals surface area contributed by atoms with Crippen molar-refractivity contribution < 1.29 is 13.2 Å². The SMILES string of the molecule is CN1CN=C(N)c2sc3nc(N4CCC(N)CC4)cc(C(F)(F)F)c3c21. The van der Waals surface area contributed by atoms with Crippen LogP contribution in [-0.4, -0.2) is 43.7 Å². The minimum absolute atomic E-state index is 0.0933. The summed E-state index contributed by atoms with van der Waals surface area (Å²) in [6.07, 6.45) is -3.00. The number of aliphatic imine (C=N–C) groups is 1. The molecular weight excluding hydrogens is 365 g/mol. The summed E-state index contributed by atoms with van der Waals surface area (Å²) in [5, 5.41) is 0.107. The van der Waals surface area contributed by atoms with Crippen molar-refractivity contribution in [1.82, 2.24) is 4.98 Å². The van der Waals surface area contributed by atoms with Gasteiger partial charge in [-0.3, -0.25) is 0 Å². The van der Waals surface area contributed by atoms with Gasteiger partial charge in [0.1, 0.15) is 23.2 Å². The van der Waals surface area contributed by atoms with E-state index in [1.807, 2.05) is 4.90 Å². The molecule has 1 saturated heterocycles. The van der Waals surface area contributed by atoms with E-state index in [0.717, 1.165) is 30.2 Å². The lowest BCUT2D eigenvalue weighted by atomic mass is 10.1. The van der Waals surface area contributed by atoms with Crippen LogP contribution in [0.3, 0.4) is 0 Å². The van der Waals surface area contributed by atoms with Crippen LogP contribution in [0.25, 0.3) is 10.2 Å². The van der Waals surface area contributed by atoms with Crippen molar-refractivity contribution in [1.29, 1.82) is 0 Å². The maximum Gasteiger partial charge on any atom is 0.417 e. The fraction of sp³-hybridized carbons (Fsp3) is 0.500. The molecule has 2 aromatic rings. The number of amidine groups is 1. The predicted octanol–water partition coefficient (Wildman–Crippen LogP) is 2.36. The number of hydrogen-bond acceptors (Lipinski definition) is 7. The van der Waals surface area contributed by atoms with Crippen molar-refractivity contribution in [2.75, 3.05) is 36.6 Å². The molecule has 0 bridgehead atoms. The lowest BCUT2D eigenvalue weighted by Gasteiger charge is -2.31. The number of nitrogens with zero attached hydrogens (tertiary/aromatic N) is 4. The average molecular weight is 384 g/mol. The second-order valence-electron chi connectivity index (χ2n) is 6.69. The number of alkyl halides is 3. The number of hydrogen-bond donors (Lipinski definition) is 2. The zero-order valence-electron chi connectivity index (χ0n) is 14.2. The van der Waals surface area contributed by atoms with Gasteiger partial charge >= 0.3 is 6.18 Å². The van der Waals surface area contributed by atoms with Gasteiger partial charge in [-0.2, -0.15) is 13.2 Å². The number of fused-ring (bicyclic) bond motifs is 3. The van der Waals surface area contributed by atoms with Gasteiger partial charge in [-0.25, -0.2) is 9.98 Å². The zero-order valence-corrected chi connectivity index (χ0v) is 15.0. The van der Waals surface area contributed by atoms with Crippen LogP contribution in [0.15, 0.2) is 11.1 Å². The summed E-state index contributed by atoms with van der Waals surface area (Å²) < 4.78 is 41.6. The first-order valence-electron chi connectivity index (χ1n) is 8.32. The topological polar surface area (TPSA) is 83.8 Å². The van der Waals surface area contributed by atoms with E-state index in [-0.39, 0.29) is 23.9 Å². The van der Waals surface area contributed by atoms with E-state index in [1.165, 1.54) is 0 Å². The molecule has 0 radical (unpaired) electrons. The van der Waals surface area contributed by atoms with Gasteiger partial charge in [0.05, 0.1) is 16.1 Å². The first-order chi connectivity index (χ1) is 12.3. The van der Waals surface area contributed by atoms with E-state index >= 15 is 0 Å². The number of aromatic nitrogens is 1. The van der Waals surface area contributed by atoms with Crippen LogP contribution >= 0.6 is 11.3 Å². The molecule has 2 aliphatic rings. The third-order valence-electron chi connectivity index (χ3n) is 4.86. The van der Waals surface area contributed by atoms with Gasteiger partial charge in [0, 0.05) is 31.6 Å². The monoisotopic (exact) mass is 384 g/mol. The van der Waals surface area contributed by atoms with Crippen LogP contribution in [0.4, 0.5) is 24.7 Å². The largest absolute Gasteiger partial charge is 0.417 e. The minimum atomic E-state index is -4.48. The highest BCUT2D eigenvalue weighted by Gasteiger charge is 2.38. The molecule has 0 aliphatic carbocycles. The van der Waals surface area contributed by atoms with Gasteiger partial charge < -0.3 is 21.3 Å². The molecule has 2 aliphatic heterocycles. The van der Waals surface area contributed by atoms with Crippen LogP contribution in [0, 0.1) is 0 Å². The van der Waals surface area contributed by atoms with E-state index in [2.05, 4.69) is 9.98 Å². The molecule has 4 rings (SSSR count). The molecule has 0 spiro atoms. The van der Waals surface area contributed by atoms with Crippen molar-refractivity contribution in [3.63, 3.8) is 0 Å². The highest BCUT2D eigenvalue weighted by molar-refractivity contribution is 7.21. The summed E-state index contributed by atoms with van der Waals surface area (Å²) in [6, 6.07) is 1.25. The molecule has 10 heteroatoms. The molecule has 4 heterocycles. The zero-order chi connectivity index (χ0) is 18.6. The molecule has 0 amide bonds. The molecule has 0 atom stereocenters. The molecule has 26 heavy (non-hydrogen) atoms. The molecule has 6 nitrogen and oxygen atoms in total. The molecule has 0 aromatic carbocycles. The summed E-state index contributed by atoms with van der Waals surface area (Å²) in [7, 11) is 1.71. The Kier molecular flexibility index (Phi) is 3.99. The van der Waals surface area contributed by atoms with E-state index in [1.54, 1.807) is 11.9 Å². The second-order valence-corrected chi connectivity index (χ2v) is 7.69. The Hall–Kier alpha value is -2.07. The van der Waals surface area contributed by atoms with Gasteiger partial charge in [-0.15, -0.1) is 11.3 Å². The van der Waals surface area contributed by atoms with Gasteiger partial charge in [-0.05, 0) is 18.9 Å². The van der Waals surface area contributed by atoms with Crippen molar-refractivity contribution >= 4 is 38.9 Å². The summed E-state index contributed by atoms with van der Waals surface area (Å²) in [5.74, 6) is 0.605. The predicted molar refractivity (Wildman–Crippen MR) is 98.0 cm³/mol. The van der Waals surface area contributed by atoms with Crippen molar-refractivity contribution in [2.45, 2.75) is 25.1 Å². The highest BCUT2D eigenvalue weighted by atomic mass is 32.1. The smallest absolute Gasteiger partial charge is 0.383 e. The summed E-state index contributed by atoms with van der Waals surface area (Å²) in [4.78, 5) is 13.1. The van der Waals surface area contributed by atoms with Gasteiger partial charge in [0.25, 0.3) is 0 Å². The van der Waals surface area contributed by atoms with E-state index < -0.39 is 11.7 Å². The van der Waals surface area contributed by atoms with Crippen LogP contribution < -0.4 is 21.3 Å². The molecule has 4 N–H and O–H groups in total. The number of thiophene rings is 1. The number of halogens is 3. The molecule has 0 saturated carbocycles. The maximum absolute atomic E-state index is 13.9. The number of piperidine rings is 1. The van der Waals surface area contributed by atoms with E-state index in [9.17, 15) is 13.2 Å². The molecule has 2 aromatic heterocycles. The second kappa shape index (κ2) is 5.98. The van der Waals surface area contributed by atoms with Crippen molar-refractivity contribution in [2.24, 2.45) is 16.5 Å². The number of rotatable bonds is 1. The fourth-order valence-electron chi connectivity index (χ4n) is 3.45. The first kappa shape index (κ1) is 17.3. The molecule has 1 fully saturated rings. The Morgan fingerprint density at radius 3 is 2.62 bits per heavy atom. The minimum Gasteiger partial charge on any atom is -0.383 e. The summed E-state index contributed by atoms with van der Waals surface area (Å²) in [6.45, 7) is 1.44. The van der Waals surface area contributed by atoms with Crippen LogP contribution in [-0.2, 0) is 6.18 Å². The summed E-state index contributed by atoms with van der Waals surface area (Å²) in [5.41, 5.74) is 11.6. The lowest BCUT2D eigenvalue weighted by Crippen LogP contribution is -2.40. The molecule has 140 valence electrons. The average Bonchev–Trinajstić information content (AvgIpc) is 2.98. The number of nitrogens with two attached hydrogens (primary N) is 2.